The summed E-state index contributed by atoms with van der Waals surface area (Å²) in [5.74, 6) is -3.35. The van der Waals surface area contributed by atoms with Gasteiger partial charge in [-0.1, -0.05) is 6.08 Å². The van der Waals surface area contributed by atoms with E-state index < -0.39 is 23.4 Å². The van der Waals surface area contributed by atoms with E-state index in [1.807, 2.05) is 0 Å². The van der Waals surface area contributed by atoms with E-state index in [1.54, 1.807) is 6.07 Å². The Morgan fingerprint density at radius 2 is 2.00 bits per heavy atom. The van der Waals surface area contributed by atoms with Crippen molar-refractivity contribution in [2.24, 2.45) is 5.92 Å². The molecule has 0 radical (unpaired) electrons. The van der Waals surface area contributed by atoms with Crippen LogP contribution in [0.5, 0.6) is 0 Å². The fraction of sp³-hybridized carbons (Fsp3) is 0.167. The zero-order chi connectivity index (χ0) is 13.8. The summed E-state index contributed by atoms with van der Waals surface area (Å²) in [4.78, 5) is 25.7. The van der Waals surface area contributed by atoms with Crippen LogP contribution >= 0.6 is 0 Å². The van der Waals surface area contributed by atoms with Gasteiger partial charge in [-0.05, 0) is 18.2 Å². The van der Waals surface area contributed by atoms with E-state index in [-0.39, 0.29) is 16.9 Å². The molecule has 2 aromatic heterocycles. The number of nitrogens with zero attached hydrogens (tertiary/aromatic N) is 1. The number of carbonyl (C=O) groups excluding carboxylic acids is 1. The van der Waals surface area contributed by atoms with Crippen molar-refractivity contribution in [1.29, 1.82) is 0 Å². The molecule has 1 aliphatic rings. The van der Waals surface area contributed by atoms with Gasteiger partial charge in [-0.25, -0.2) is 0 Å². The van der Waals surface area contributed by atoms with Gasteiger partial charge in [-0.3, -0.25) is 9.59 Å². The second-order valence-corrected chi connectivity index (χ2v) is 4.22. The van der Waals surface area contributed by atoms with E-state index in [9.17, 15) is 22.8 Å². The largest absolute Gasteiger partial charge is 0.402 e. The number of Topliss-reactive ketones (excluding diaryl/α,β-unsaturated/α-hetero) is 1. The summed E-state index contributed by atoms with van der Waals surface area (Å²) in [6.45, 7) is 0. The van der Waals surface area contributed by atoms with Crippen molar-refractivity contribution in [3.05, 3.63) is 46.1 Å². The molecule has 19 heavy (non-hydrogen) atoms. The van der Waals surface area contributed by atoms with E-state index >= 15 is 0 Å². The highest BCUT2D eigenvalue weighted by Gasteiger charge is 2.45. The predicted molar refractivity (Wildman–Crippen MR) is 60.9 cm³/mol. The first kappa shape index (κ1) is 11.8. The van der Waals surface area contributed by atoms with Crippen molar-refractivity contribution in [2.45, 2.75) is 6.18 Å². The summed E-state index contributed by atoms with van der Waals surface area (Å²) in [6.07, 6.45) is -1.12. The first-order valence-electron chi connectivity index (χ1n) is 5.42. The maximum Gasteiger partial charge on any atom is 0.402 e. The smallest absolute Gasteiger partial charge is 0.316 e. The SMILES string of the molecule is O=C1c2[nH]c(=O)c3cccn3c2C=CC1C(F)(F)F. The van der Waals surface area contributed by atoms with Crippen LogP contribution in [-0.4, -0.2) is 21.3 Å². The van der Waals surface area contributed by atoms with Gasteiger partial charge in [0, 0.05) is 6.20 Å². The maximum atomic E-state index is 12.7. The first-order chi connectivity index (χ1) is 8.89. The molecule has 0 aliphatic heterocycles. The van der Waals surface area contributed by atoms with Gasteiger partial charge >= 0.3 is 6.18 Å². The number of H-pyrrole nitrogens is 1. The molecule has 1 aliphatic carbocycles. The molecule has 0 spiro atoms. The number of carbonyl (C=O) groups is 1. The van der Waals surface area contributed by atoms with E-state index in [4.69, 9.17) is 0 Å². The molecule has 0 fully saturated rings. The maximum absolute atomic E-state index is 12.7. The van der Waals surface area contributed by atoms with Crippen LogP contribution in [0.1, 0.15) is 16.2 Å². The molecular weight excluding hydrogens is 261 g/mol. The highest BCUT2D eigenvalue weighted by molar-refractivity contribution is 6.03. The normalized spacial score (nSPS) is 18.9. The van der Waals surface area contributed by atoms with Crippen molar-refractivity contribution < 1.29 is 18.0 Å². The van der Waals surface area contributed by atoms with Gasteiger partial charge in [0.15, 0.2) is 5.78 Å². The molecule has 4 nitrogen and oxygen atoms in total. The lowest BCUT2D eigenvalue weighted by Crippen LogP contribution is -2.34. The van der Waals surface area contributed by atoms with Gasteiger partial charge in [-0.2, -0.15) is 13.2 Å². The van der Waals surface area contributed by atoms with Crippen LogP contribution in [0.4, 0.5) is 13.2 Å². The fourth-order valence-electron chi connectivity index (χ4n) is 2.18. The Balaban J connectivity index is 2.29. The number of hydrogen-bond acceptors (Lipinski definition) is 2. The Morgan fingerprint density at radius 1 is 1.26 bits per heavy atom. The lowest BCUT2D eigenvalue weighted by atomic mass is 9.94. The van der Waals surface area contributed by atoms with Crippen molar-refractivity contribution in [1.82, 2.24) is 9.38 Å². The minimum Gasteiger partial charge on any atom is -0.316 e. The average Bonchev–Trinajstić information content (AvgIpc) is 2.79. The zero-order valence-corrected chi connectivity index (χ0v) is 9.36. The Bertz CT molecular complexity index is 767. The minimum absolute atomic E-state index is 0.255. The topological polar surface area (TPSA) is 54.3 Å². The van der Waals surface area contributed by atoms with Crippen molar-refractivity contribution >= 4 is 17.4 Å². The Kier molecular flexibility index (Phi) is 2.23. The third-order valence-corrected chi connectivity index (χ3v) is 3.06. The first-order valence-corrected chi connectivity index (χ1v) is 5.42. The van der Waals surface area contributed by atoms with Gasteiger partial charge in [0.25, 0.3) is 5.56 Å². The van der Waals surface area contributed by atoms with Gasteiger partial charge in [0.2, 0.25) is 0 Å². The zero-order valence-electron chi connectivity index (χ0n) is 9.36. The lowest BCUT2D eigenvalue weighted by molar-refractivity contribution is -0.148. The van der Waals surface area contributed by atoms with Crippen LogP contribution in [0.25, 0.3) is 11.6 Å². The number of hydrogen-bond donors (Lipinski definition) is 1. The molecule has 1 unspecified atom stereocenters. The van der Waals surface area contributed by atoms with Gasteiger partial charge in [0.1, 0.15) is 17.1 Å². The number of nitrogens with one attached hydrogen (secondary N) is 1. The molecule has 0 aromatic carbocycles. The van der Waals surface area contributed by atoms with Gasteiger partial charge < -0.3 is 9.38 Å². The number of alkyl halides is 3. The molecule has 1 N–H and O–H groups in total. The second kappa shape index (κ2) is 3.59. The van der Waals surface area contributed by atoms with Crippen LogP contribution in [0.3, 0.4) is 0 Å². The van der Waals surface area contributed by atoms with E-state index in [0.29, 0.717) is 0 Å². The molecule has 0 saturated carbocycles. The molecule has 98 valence electrons. The summed E-state index contributed by atoms with van der Waals surface area (Å²) in [5.41, 5.74) is -0.362. The molecule has 2 heterocycles. The lowest BCUT2D eigenvalue weighted by Gasteiger charge is -2.20. The summed E-state index contributed by atoms with van der Waals surface area (Å²) in [7, 11) is 0. The number of fused-ring (bicyclic) bond motifs is 3. The molecular formula is C12H7F3N2O2. The van der Waals surface area contributed by atoms with Crippen LogP contribution in [0, 0.1) is 5.92 Å². The monoisotopic (exact) mass is 268 g/mol. The van der Waals surface area contributed by atoms with E-state index in [2.05, 4.69) is 4.98 Å². The van der Waals surface area contributed by atoms with Gasteiger partial charge in [-0.15, -0.1) is 0 Å². The van der Waals surface area contributed by atoms with Crippen LogP contribution in [0.15, 0.2) is 29.2 Å². The van der Waals surface area contributed by atoms with Gasteiger partial charge in [0.05, 0.1) is 5.69 Å². The number of aromatic nitrogens is 2. The summed E-state index contributed by atoms with van der Waals surface area (Å²) in [5, 5.41) is 0. The van der Waals surface area contributed by atoms with Crippen LogP contribution < -0.4 is 5.56 Å². The Labute approximate surface area is 104 Å². The summed E-state index contributed by atoms with van der Waals surface area (Å²) < 4.78 is 39.4. The molecule has 2 aromatic rings. The third kappa shape index (κ3) is 1.61. The Morgan fingerprint density at radius 3 is 2.68 bits per heavy atom. The molecule has 3 rings (SSSR count). The standard InChI is InChI=1S/C12H7F3N2O2/c13-12(14,15)6-3-4-7-9(10(6)18)16-11(19)8-2-1-5-17(7)8/h1-6H,(H,16,19). The minimum atomic E-state index is -4.66. The molecule has 7 heteroatoms. The molecule has 0 amide bonds. The summed E-state index contributed by atoms with van der Waals surface area (Å²) >= 11 is 0. The second-order valence-electron chi connectivity index (χ2n) is 4.22. The molecule has 0 saturated heterocycles. The van der Waals surface area contributed by atoms with Crippen LogP contribution in [0.2, 0.25) is 0 Å². The third-order valence-electron chi connectivity index (χ3n) is 3.06. The Hall–Kier alpha value is -2.31. The highest BCUT2D eigenvalue weighted by atomic mass is 19.4. The average molecular weight is 268 g/mol. The predicted octanol–water partition coefficient (Wildman–Crippen LogP) is 2.02. The highest BCUT2D eigenvalue weighted by Crippen LogP contribution is 2.33. The number of halogens is 3. The van der Waals surface area contributed by atoms with Crippen molar-refractivity contribution in [3.63, 3.8) is 0 Å². The molecule has 1 atom stereocenters. The van der Waals surface area contributed by atoms with E-state index in [1.165, 1.54) is 22.7 Å². The number of aromatic amines is 1. The van der Waals surface area contributed by atoms with E-state index in [0.717, 1.165) is 6.08 Å². The van der Waals surface area contributed by atoms with Crippen LogP contribution in [-0.2, 0) is 0 Å². The van der Waals surface area contributed by atoms with Crippen molar-refractivity contribution in [2.75, 3.05) is 0 Å². The molecule has 0 bridgehead atoms. The fourth-order valence-corrected chi connectivity index (χ4v) is 2.18. The number of allylic oxidation sites excluding steroid dienone is 1. The summed E-state index contributed by atoms with van der Waals surface area (Å²) in [6, 6.07) is 3.10. The van der Waals surface area contributed by atoms with Crippen molar-refractivity contribution in [3.8, 4) is 0 Å². The number of ketones is 1. The quantitative estimate of drug-likeness (QED) is 0.794. The number of rotatable bonds is 0.